The van der Waals surface area contributed by atoms with Gasteiger partial charge in [-0.1, -0.05) is 19.9 Å². The Morgan fingerprint density at radius 2 is 1.86 bits per heavy atom. The summed E-state index contributed by atoms with van der Waals surface area (Å²) in [5, 5.41) is 3.01. The first-order valence-electron chi connectivity index (χ1n) is 9.94. The van der Waals surface area contributed by atoms with E-state index in [0.29, 0.717) is 19.4 Å². The van der Waals surface area contributed by atoms with Crippen LogP contribution in [0.4, 0.5) is 4.79 Å². The number of hydrogen-bond donors (Lipinski definition) is 1. The summed E-state index contributed by atoms with van der Waals surface area (Å²) in [5.41, 5.74) is -1.50. The number of ether oxygens (including phenoxy) is 2. The molecule has 1 saturated carbocycles. The van der Waals surface area contributed by atoms with Gasteiger partial charge in [-0.15, -0.1) is 6.58 Å². The topological polar surface area (TPSA) is 84.9 Å². The highest BCUT2D eigenvalue weighted by Crippen LogP contribution is 2.59. The zero-order valence-corrected chi connectivity index (χ0v) is 18.0. The molecule has 0 bridgehead atoms. The minimum absolute atomic E-state index is 0.0594. The summed E-state index contributed by atoms with van der Waals surface area (Å²) >= 11 is 0. The summed E-state index contributed by atoms with van der Waals surface area (Å²) in [4.78, 5) is 39.2. The molecule has 0 aromatic heterocycles. The van der Waals surface area contributed by atoms with Crippen molar-refractivity contribution in [1.82, 2.24) is 10.2 Å². The Morgan fingerprint density at radius 1 is 1.21 bits per heavy atom. The predicted molar refractivity (Wildman–Crippen MR) is 106 cm³/mol. The van der Waals surface area contributed by atoms with Crippen LogP contribution in [0.2, 0.25) is 0 Å². The lowest BCUT2D eigenvalue weighted by molar-refractivity contribution is -0.149. The van der Waals surface area contributed by atoms with Gasteiger partial charge in [0.1, 0.15) is 11.6 Å². The van der Waals surface area contributed by atoms with Crippen LogP contribution in [-0.2, 0) is 19.1 Å². The molecule has 0 aromatic carbocycles. The lowest BCUT2D eigenvalue weighted by atomic mass is 9.88. The molecule has 1 N–H and O–H groups in total. The number of nitrogens with zero attached hydrogens (tertiary/aromatic N) is 1. The summed E-state index contributed by atoms with van der Waals surface area (Å²) in [6.07, 6.45) is 3.01. The Balaban J connectivity index is 2.11. The summed E-state index contributed by atoms with van der Waals surface area (Å²) in [7, 11) is 0. The third kappa shape index (κ3) is 4.67. The van der Waals surface area contributed by atoms with Crippen molar-refractivity contribution in [1.29, 1.82) is 0 Å². The molecule has 28 heavy (non-hydrogen) atoms. The average molecular weight is 395 g/mol. The van der Waals surface area contributed by atoms with Gasteiger partial charge < -0.3 is 14.8 Å². The van der Waals surface area contributed by atoms with Crippen LogP contribution < -0.4 is 5.32 Å². The smallest absolute Gasteiger partial charge is 0.411 e. The third-order valence-corrected chi connectivity index (χ3v) is 5.45. The van der Waals surface area contributed by atoms with Crippen LogP contribution in [-0.4, -0.2) is 53.7 Å². The van der Waals surface area contributed by atoms with E-state index < -0.39 is 29.1 Å². The van der Waals surface area contributed by atoms with E-state index in [2.05, 4.69) is 11.9 Å². The van der Waals surface area contributed by atoms with Crippen molar-refractivity contribution in [2.45, 2.75) is 78.5 Å². The molecule has 1 saturated heterocycles. The number of esters is 1. The highest BCUT2D eigenvalue weighted by molar-refractivity contribution is 5.84. The second-order valence-electron chi connectivity index (χ2n) is 9.50. The standard InChI is InChI=1S/C21H34N2O5/c1-8-10-20(6,7)17(25)22-13-21-11-14(16(24)27-9-2)23(15(21)12-21)18(26)28-19(3,4)5/h8,14-15H,1,9-13H2,2-7H3,(H,22,25)/t14-,15+,21-/m0/s1. The minimum atomic E-state index is -0.674. The van der Waals surface area contributed by atoms with Crippen molar-refractivity contribution in [3.63, 3.8) is 0 Å². The van der Waals surface area contributed by atoms with Gasteiger partial charge >= 0.3 is 12.1 Å². The number of piperidine rings is 1. The van der Waals surface area contributed by atoms with E-state index in [1.807, 2.05) is 13.8 Å². The molecule has 1 aliphatic heterocycles. The van der Waals surface area contributed by atoms with Gasteiger partial charge in [0, 0.05) is 23.4 Å². The second-order valence-corrected chi connectivity index (χ2v) is 9.50. The molecule has 0 radical (unpaired) electrons. The van der Waals surface area contributed by atoms with Crippen molar-refractivity contribution >= 4 is 18.0 Å². The number of carbonyl (C=O) groups is 3. The number of amides is 2. The van der Waals surface area contributed by atoms with Gasteiger partial charge in [0.2, 0.25) is 5.91 Å². The maximum absolute atomic E-state index is 12.7. The van der Waals surface area contributed by atoms with Crippen molar-refractivity contribution in [2.24, 2.45) is 10.8 Å². The average Bonchev–Trinajstić information content (AvgIpc) is 3.15. The molecule has 158 valence electrons. The molecule has 7 heteroatoms. The number of fused-ring (bicyclic) bond motifs is 1. The van der Waals surface area contributed by atoms with Crippen LogP contribution in [0.15, 0.2) is 12.7 Å². The van der Waals surface area contributed by atoms with Crippen LogP contribution in [0.3, 0.4) is 0 Å². The monoisotopic (exact) mass is 394 g/mol. The van der Waals surface area contributed by atoms with Gasteiger partial charge in [-0.05, 0) is 47.0 Å². The van der Waals surface area contributed by atoms with E-state index >= 15 is 0 Å². The van der Waals surface area contributed by atoms with E-state index in [1.165, 1.54) is 4.90 Å². The number of likely N-dealkylation sites (tertiary alicyclic amines) is 1. The summed E-state index contributed by atoms with van der Waals surface area (Å²) in [5.74, 6) is -0.478. The first-order chi connectivity index (χ1) is 12.9. The quantitative estimate of drug-likeness (QED) is 0.530. The Kier molecular flexibility index (Phi) is 6.16. The summed E-state index contributed by atoms with van der Waals surface area (Å²) in [6.45, 7) is 15.2. The molecular weight excluding hydrogens is 360 g/mol. The van der Waals surface area contributed by atoms with Crippen molar-refractivity contribution < 1.29 is 23.9 Å². The van der Waals surface area contributed by atoms with E-state index in [9.17, 15) is 14.4 Å². The molecule has 1 heterocycles. The fourth-order valence-corrected chi connectivity index (χ4v) is 3.86. The van der Waals surface area contributed by atoms with Gasteiger partial charge in [0.15, 0.2) is 0 Å². The molecule has 3 atom stereocenters. The van der Waals surface area contributed by atoms with Crippen LogP contribution in [0.5, 0.6) is 0 Å². The first-order valence-corrected chi connectivity index (χ1v) is 9.94. The summed E-state index contributed by atoms with van der Waals surface area (Å²) < 4.78 is 10.7. The molecule has 7 nitrogen and oxygen atoms in total. The van der Waals surface area contributed by atoms with Gasteiger partial charge in [0.25, 0.3) is 0 Å². The van der Waals surface area contributed by atoms with Crippen molar-refractivity contribution in [3.05, 3.63) is 12.7 Å². The fraction of sp³-hybridized carbons (Fsp3) is 0.762. The largest absolute Gasteiger partial charge is 0.464 e. The summed E-state index contributed by atoms with van der Waals surface area (Å²) in [6, 6.07) is -0.800. The molecule has 2 amide bonds. The first kappa shape index (κ1) is 22.2. The Labute approximate surface area is 167 Å². The molecule has 0 unspecified atom stereocenters. The van der Waals surface area contributed by atoms with Gasteiger partial charge in [-0.2, -0.15) is 0 Å². The Bertz CT molecular complexity index is 652. The van der Waals surface area contributed by atoms with E-state index in [4.69, 9.17) is 9.47 Å². The highest BCUT2D eigenvalue weighted by atomic mass is 16.6. The van der Waals surface area contributed by atoms with Crippen molar-refractivity contribution in [2.75, 3.05) is 13.2 Å². The van der Waals surface area contributed by atoms with Crippen molar-refractivity contribution in [3.8, 4) is 0 Å². The van der Waals surface area contributed by atoms with Crippen LogP contribution in [0.25, 0.3) is 0 Å². The fourth-order valence-electron chi connectivity index (χ4n) is 3.86. The van der Waals surface area contributed by atoms with E-state index in [-0.39, 0.29) is 24.0 Å². The van der Waals surface area contributed by atoms with Gasteiger partial charge in [-0.25, -0.2) is 9.59 Å². The highest BCUT2D eigenvalue weighted by Gasteiger charge is 2.68. The number of rotatable bonds is 7. The Morgan fingerprint density at radius 3 is 2.39 bits per heavy atom. The van der Waals surface area contributed by atoms with E-state index in [1.54, 1.807) is 33.8 Å². The van der Waals surface area contributed by atoms with Gasteiger partial charge in [-0.3, -0.25) is 9.69 Å². The number of hydrogen-bond acceptors (Lipinski definition) is 5. The lowest BCUT2D eigenvalue weighted by Gasteiger charge is -2.29. The third-order valence-electron chi connectivity index (χ3n) is 5.45. The van der Waals surface area contributed by atoms with Crippen LogP contribution >= 0.6 is 0 Å². The predicted octanol–water partition coefficient (Wildman–Crippen LogP) is 3.04. The molecular formula is C21H34N2O5. The van der Waals surface area contributed by atoms with Gasteiger partial charge in [0.05, 0.1) is 6.61 Å². The Hall–Kier alpha value is -2.05. The van der Waals surface area contributed by atoms with E-state index in [0.717, 1.165) is 6.42 Å². The lowest BCUT2D eigenvalue weighted by Crippen LogP contribution is -2.46. The normalized spacial score (nSPS) is 26.3. The molecule has 1 aliphatic carbocycles. The molecule has 2 fully saturated rings. The SMILES string of the molecule is C=CCC(C)(C)C(=O)NC[C@@]12C[C@@H](C(=O)OCC)N(C(=O)OC(C)(C)C)[C@@H]1C2. The maximum Gasteiger partial charge on any atom is 0.411 e. The number of nitrogens with one attached hydrogen (secondary N) is 1. The number of carbonyl (C=O) groups excluding carboxylic acids is 3. The molecule has 2 aliphatic rings. The zero-order valence-electron chi connectivity index (χ0n) is 18.0. The van der Waals surface area contributed by atoms with Crippen LogP contribution in [0.1, 0.15) is 60.8 Å². The van der Waals surface area contributed by atoms with Crippen LogP contribution in [0, 0.1) is 10.8 Å². The zero-order chi connectivity index (χ0) is 21.3. The maximum atomic E-state index is 12.7. The second kappa shape index (κ2) is 7.76. The molecule has 0 aromatic rings. The molecule has 0 spiro atoms. The molecule has 2 rings (SSSR count). The minimum Gasteiger partial charge on any atom is -0.464 e. The number of allylic oxidation sites excluding steroid dienone is 1.